The van der Waals surface area contributed by atoms with Gasteiger partial charge in [-0.3, -0.25) is 5.10 Å². The lowest BCUT2D eigenvalue weighted by Gasteiger charge is -2.24. The third-order valence-electron chi connectivity index (χ3n) is 2.62. The largest absolute Gasteiger partial charge is 0.285 e. The van der Waals surface area contributed by atoms with Gasteiger partial charge in [-0.25, -0.2) is 0 Å². The zero-order valence-corrected chi connectivity index (χ0v) is 6.71. The summed E-state index contributed by atoms with van der Waals surface area (Å²) in [5.74, 6) is 1.02. The molecule has 1 fully saturated rings. The van der Waals surface area contributed by atoms with Gasteiger partial charge in [0.1, 0.15) is 0 Å². The maximum Gasteiger partial charge on any atom is 0.0519 e. The lowest BCUT2D eigenvalue weighted by atomic mass is 9.81. The van der Waals surface area contributed by atoms with E-state index in [0.29, 0.717) is 0 Å². The second-order valence-electron chi connectivity index (χ2n) is 3.44. The van der Waals surface area contributed by atoms with E-state index in [4.69, 9.17) is 0 Å². The van der Waals surface area contributed by atoms with Gasteiger partial charge >= 0.3 is 0 Å². The highest BCUT2D eigenvalue weighted by atomic mass is 15.1. The smallest absolute Gasteiger partial charge is 0.0519 e. The van der Waals surface area contributed by atoms with E-state index in [0.717, 1.165) is 5.92 Å². The average Bonchev–Trinajstić information content (AvgIpc) is 2.36. The van der Waals surface area contributed by atoms with Crippen LogP contribution in [0.15, 0.2) is 12.4 Å². The lowest BCUT2D eigenvalue weighted by molar-refractivity contribution is 0.296. The predicted octanol–water partition coefficient (Wildman–Crippen LogP) is 2.14. The monoisotopic (exact) mass is 150 g/mol. The number of nitrogens with one attached hydrogen (secondary N) is 1. The van der Waals surface area contributed by atoms with Crippen LogP contribution in [0.1, 0.15) is 31.2 Å². The molecule has 1 aromatic heterocycles. The Labute approximate surface area is 67.0 Å². The number of hydrogen-bond donors (Lipinski definition) is 1. The van der Waals surface area contributed by atoms with Gasteiger partial charge in [-0.1, -0.05) is 19.3 Å². The molecule has 0 radical (unpaired) electrons. The van der Waals surface area contributed by atoms with Crippen LogP contribution in [0.25, 0.3) is 0 Å². The van der Waals surface area contributed by atoms with Gasteiger partial charge in [-0.2, -0.15) is 5.10 Å². The Kier molecular flexibility index (Phi) is 1.93. The summed E-state index contributed by atoms with van der Waals surface area (Å²) < 4.78 is 0. The molecule has 1 aliphatic carbocycles. The molecule has 1 heterocycles. The highest BCUT2D eigenvalue weighted by molar-refractivity contribution is 5.02. The van der Waals surface area contributed by atoms with Crippen molar-refractivity contribution in [2.45, 2.75) is 32.1 Å². The van der Waals surface area contributed by atoms with Crippen molar-refractivity contribution >= 4 is 0 Å². The van der Waals surface area contributed by atoms with Gasteiger partial charge in [0.2, 0.25) is 0 Å². The van der Waals surface area contributed by atoms with Crippen molar-refractivity contribution in [3.8, 4) is 0 Å². The van der Waals surface area contributed by atoms with Gasteiger partial charge < -0.3 is 0 Å². The number of rotatable bonds is 3. The van der Waals surface area contributed by atoms with E-state index in [-0.39, 0.29) is 0 Å². The van der Waals surface area contributed by atoms with Crippen LogP contribution >= 0.6 is 0 Å². The molecule has 2 rings (SSSR count). The number of aromatic amines is 1. The van der Waals surface area contributed by atoms with Crippen molar-refractivity contribution < 1.29 is 0 Å². The first kappa shape index (κ1) is 6.89. The summed E-state index contributed by atoms with van der Waals surface area (Å²) in [7, 11) is 0. The molecule has 0 atom stereocenters. The van der Waals surface area contributed by atoms with E-state index in [1.165, 1.54) is 37.7 Å². The molecule has 0 bridgehead atoms. The van der Waals surface area contributed by atoms with Gasteiger partial charge in [0, 0.05) is 6.20 Å². The molecular weight excluding hydrogens is 136 g/mol. The predicted molar refractivity (Wildman–Crippen MR) is 44.2 cm³/mol. The molecule has 1 saturated carbocycles. The fourth-order valence-electron chi connectivity index (χ4n) is 1.57. The minimum absolute atomic E-state index is 1.02. The Bertz CT molecular complexity index is 199. The minimum atomic E-state index is 1.02. The molecule has 2 heteroatoms. The van der Waals surface area contributed by atoms with Crippen LogP contribution in [0.5, 0.6) is 0 Å². The van der Waals surface area contributed by atoms with Crippen LogP contribution in [0, 0.1) is 5.92 Å². The van der Waals surface area contributed by atoms with Crippen molar-refractivity contribution in [3.05, 3.63) is 18.0 Å². The van der Waals surface area contributed by atoms with E-state index in [1.54, 1.807) is 0 Å². The van der Waals surface area contributed by atoms with Crippen molar-refractivity contribution in [2.75, 3.05) is 0 Å². The molecule has 1 aromatic rings. The van der Waals surface area contributed by atoms with Crippen LogP contribution in [0.2, 0.25) is 0 Å². The Morgan fingerprint density at radius 1 is 1.55 bits per heavy atom. The second kappa shape index (κ2) is 3.07. The highest BCUT2D eigenvalue weighted by Crippen LogP contribution is 2.30. The summed E-state index contributed by atoms with van der Waals surface area (Å²) in [6.45, 7) is 0. The minimum Gasteiger partial charge on any atom is -0.285 e. The first-order valence-corrected chi connectivity index (χ1v) is 4.43. The van der Waals surface area contributed by atoms with Gasteiger partial charge in [-0.15, -0.1) is 0 Å². The molecule has 1 aliphatic rings. The molecule has 0 unspecified atom stereocenters. The number of hydrogen-bond acceptors (Lipinski definition) is 1. The summed E-state index contributed by atoms with van der Waals surface area (Å²) in [4.78, 5) is 0. The Morgan fingerprint density at radius 3 is 3.00 bits per heavy atom. The average molecular weight is 150 g/mol. The summed E-state index contributed by atoms with van der Waals surface area (Å²) in [5.41, 5.74) is 1.36. The lowest BCUT2D eigenvalue weighted by Crippen LogP contribution is -2.11. The molecular formula is C9H14N2. The maximum absolute atomic E-state index is 3.92. The number of nitrogens with zero attached hydrogens (tertiary/aromatic N) is 1. The number of aromatic nitrogens is 2. The fraction of sp³-hybridized carbons (Fsp3) is 0.667. The number of aryl methyl sites for hydroxylation is 1. The van der Waals surface area contributed by atoms with Gasteiger partial charge in [0.15, 0.2) is 0 Å². The van der Waals surface area contributed by atoms with Gasteiger partial charge in [-0.05, 0) is 24.3 Å². The third kappa shape index (κ3) is 1.62. The normalized spacial score (nSPS) is 18.2. The van der Waals surface area contributed by atoms with Crippen molar-refractivity contribution in [3.63, 3.8) is 0 Å². The first-order valence-electron chi connectivity index (χ1n) is 4.43. The molecule has 0 amide bonds. The zero-order valence-electron chi connectivity index (χ0n) is 6.71. The topological polar surface area (TPSA) is 28.7 Å². The molecule has 0 aliphatic heterocycles. The Morgan fingerprint density at radius 2 is 2.45 bits per heavy atom. The summed E-state index contributed by atoms with van der Waals surface area (Å²) >= 11 is 0. The van der Waals surface area contributed by atoms with Crippen molar-refractivity contribution in [1.82, 2.24) is 10.2 Å². The quantitative estimate of drug-likeness (QED) is 0.702. The third-order valence-corrected chi connectivity index (χ3v) is 2.62. The molecule has 1 N–H and O–H groups in total. The SMILES string of the molecule is c1n[nH]cc1CCC1CCC1. The fourth-order valence-corrected chi connectivity index (χ4v) is 1.57. The standard InChI is InChI=1S/C9H14N2/c1-2-8(3-1)4-5-9-6-10-11-7-9/h6-8H,1-5H2,(H,10,11). The van der Waals surface area contributed by atoms with Crippen molar-refractivity contribution in [1.29, 1.82) is 0 Å². The molecule has 60 valence electrons. The van der Waals surface area contributed by atoms with Crippen LogP contribution in [0.3, 0.4) is 0 Å². The van der Waals surface area contributed by atoms with E-state index in [2.05, 4.69) is 10.2 Å². The van der Waals surface area contributed by atoms with Gasteiger partial charge in [0.05, 0.1) is 6.20 Å². The summed E-state index contributed by atoms with van der Waals surface area (Å²) in [6.07, 6.45) is 10.9. The Balaban J connectivity index is 1.74. The van der Waals surface area contributed by atoms with Crippen LogP contribution in [-0.2, 0) is 6.42 Å². The van der Waals surface area contributed by atoms with Crippen molar-refractivity contribution in [2.24, 2.45) is 5.92 Å². The van der Waals surface area contributed by atoms with E-state index >= 15 is 0 Å². The van der Waals surface area contributed by atoms with E-state index < -0.39 is 0 Å². The first-order chi connectivity index (χ1) is 5.45. The highest BCUT2D eigenvalue weighted by Gasteiger charge is 2.16. The summed E-state index contributed by atoms with van der Waals surface area (Å²) in [6, 6.07) is 0. The van der Waals surface area contributed by atoms with Gasteiger partial charge in [0.25, 0.3) is 0 Å². The van der Waals surface area contributed by atoms with Crippen LogP contribution < -0.4 is 0 Å². The molecule has 0 spiro atoms. The molecule has 2 nitrogen and oxygen atoms in total. The molecule has 0 saturated heterocycles. The maximum atomic E-state index is 3.92. The van der Waals surface area contributed by atoms with Crippen LogP contribution in [-0.4, -0.2) is 10.2 Å². The van der Waals surface area contributed by atoms with Crippen LogP contribution in [0.4, 0.5) is 0 Å². The molecule has 0 aromatic carbocycles. The second-order valence-corrected chi connectivity index (χ2v) is 3.44. The Hall–Kier alpha value is -0.790. The summed E-state index contributed by atoms with van der Waals surface area (Å²) in [5, 5.41) is 6.76. The zero-order chi connectivity index (χ0) is 7.52. The number of H-pyrrole nitrogens is 1. The van der Waals surface area contributed by atoms with E-state index in [1.807, 2.05) is 12.4 Å². The van der Waals surface area contributed by atoms with E-state index in [9.17, 15) is 0 Å². The molecule has 11 heavy (non-hydrogen) atoms.